The molecule has 0 aliphatic heterocycles. The zero-order chi connectivity index (χ0) is 25.9. The van der Waals surface area contributed by atoms with Crippen LogP contribution in [0.25, 0.3) is 0 Å². The molecule has 1 rings (SSSR count). The summed E-state index contributed by atoms with van der Waals surface area (Å²) in [4.78, 5) is 41.2. The van der Waals surface area contributed by atoms with Crippen LogP contribution in [0.2, 0.25) is 0 Å². The van der Waals surface area contributed by atoms with Gasteiger partial charge in [0.1, 0.15) is 17.7 Å². The number of amides is 2. The van der Waals surface area contributed by atoms with Crippen molar-refractivity contribution in [3.05, 3.63) is 35.9 Å². The molecule has 0 fully saturated rings. The Balaban J connectivity index is 3.01. The fourth-order valence-electron chi connectivity index (χ4n) is 3.17. The van der Waals surface area contributed by atoms with Crippen molar-refractivity contribution in [2.24, 2.45) is 5.92 Å². The Hall–Kier alpha value is -2.61. The zero-order valence-corrected chi connectivity index (χ0v) is 21.0. The normalized spacial score (nSPS) is 13.6. The maximum Gasteiger partial charge on any atom is 0.410 e. The van der Waals surface area contributed by atoms with Crippen LogP contribution in [0.3, 0.4) is 0 Å². The lowest BCUT2D eigenvalue weighted by molar-refractivity contribution is -0.154. The van der Waals surface area contributed by atoms with Gasteiger partial charge in [0, 0.05) is 28.5 Å². The number of hydrogen-bond acceptors (Lipinski definition) is 6. The molecule has 0 saturated carbocycles. The Bertz CT molecular complexity index is 781. The first-order valence-corrected chi connectivity index (χ1v) is 11.2. The fourth-order valence-corrected chi connectivity index (χ4v) is 3.17. The lowest BCUT2D eigenvalue weighted by Crippen LogP contribution is -2.54. The molecule has 0 bridgehead atoms. The minimum atomic E-state index is -1.01. The number of likely N-dealkylation sites (N-methyl/N-ethyl adjacent to an activating group) is 2. The van der Waals surface area contributed by atoms with Crippen LogP contribution in [-0.2, 0) is 30.4 Å². The topological polar surface area (TPSA) is 85.4 Å². The second-order valence-corrected chi connectivity index (χ2v) is 9.41. The molecular formula is C25H40N2O6. The van der Waals surface area contributed by atoms with Crippen molar-refractivity contribution in [1.29, 1.82) is 0 Å². The maximum atomic E-state index is 13.5. The molecule has 0 unspecified atom stereocenters. The van der Waals surface area contributed by atoms with Crippen molar-refractivity contribution in [2.45, 2.75) is 71.8 Å². The summed E-state index contributed by atoms with van der Waals surface area (Å²) in [5.41, 5.74) is 0.262. The van der Waals surface area contributed by atoms with E-state index >= 15 is 0 Å². The van der Waals surface area contributed by atoms with E-state index in [9.17, 15) is 14.4 Å². The molecule has 8 heteroatoms. The average molecular weight is 466 g/mol. The molecule has 8 nitrogen and oxygen atoms in total. The van der Waals surface area contributed by atoms with Gasteiger partial charge in [-0.2, -0.15) is 0 Å². The monoisotopic (exact) mass is 465 g/mol. The second-order valence-electron chi connectivity index (χ2n) is 9.41. The molecule has 0 heterocycles. The minimum Gasteiger partial charge on any atom is -0.467 e. The largest absolute Gasteiger partial charge is 0.467 e. The first-order valence-electron chi connectivity index (χ1n) is 11.9. The number of hydrogen-bond donors (Lipinski definition) is 0. The molecule has 0 aromatic heterocycles. The highest BCUT2D eigenvalue weighted by Crippen LogP contribution is 2.19. The quantitative estimate of drug-likeness (QED) is 0.364. The van der Waals surface area contributed by atoms with Crippen LogP contribution in [0.4, 0.5) is 4.79 Å². The number of carbonyl (C=O) groups is 3. The minimum absolute atomic E-state index is 0.0807. The van der Waals surface area contributed by atoms with E-state index in [0.29, 0.717) is 13.0 Å². The average Bonchev–Trinajstić information content (AvgIpc) is 2.77. The summed E-state index contributed by atoms with van der Waals surface area (Å²) < 4.78 is 24.0. The van der Waals surface area contributed by atoms with Gasteiger partial charge in [0.15, 0.2) is 0 Å². The molecule has 186 valence electrons. The first kappa shape index (κ1) is 26.6. The van der Waals surface area contributed by atoms with Gasteiger partial charge >= 0.3 is 12.1 Å². The van der Waals surface area contributed by atoms with Gasteiger partial charge in [-0.25, -0.2) is 9.59 Å². The van der Waals surface area contributed by atoms with Gasteiger partial charge in [0.05, 0.1) is 13.7 Å². The number of methoxy groups -OCH3 is 1. The third-order valence-electron chi connectivity index (χ3n) is 4.91. The Kier molecular flexibility index (Phi) is 10.6. The van der Waals surface area contributed by atoms with Crippen molar-refractivity contribution in [2.75, 3.05) is 27.8 Å². The van der Waals surface area contributed by atoms with Gasteiger partial charge in [-0.05, 0) is 38.7 Å². The molecule has 0 N–H and O–H groups in total. The number of carbonyl (C=O) groups excluding carboxylic acids is 3. The highest BCUT2D eigenvalue weighted by molar-refractivity contribution is 5.89. The molecule has 0 spiro atoms. The summed E-state index contributed by atoms with van der Waals surface area (Å²) in [7, 11) is 2.27. The van der Waals surface area contributed by atoms with E-state index in [0.717, 1.165) is 10.5 Å². The van der Waals surface area contributed by atoms with Gasteiger partial charge < -0.3 is 19.1 Å². The van der Waals surface area contributed by atoms with Crippen molar-refractivity contribution < 1.29 is 30.0 Å². The standard InChI is InChI=1S/C25H40N2O6/c1-18(2)16-21(27(7)24(30)33-25(3,4)5)22(28)26(6)20(23(29)31-8)14-15-32-17-19-12-10-9-11-13-19/h9-13,18,20-21H,14-17H2,1-8H3/t20-,21-/m0/s1/i6D. The molecule has 1 aromatic carbocycles. The van der Waals surface area contributed by atoms with E-state index in [4.69, 9.17) is 15.6 Å². The van der Waals surface area contributed by atoms with Crippen molar-refractivity contribution in [3.8, 4) is 0 Å². The van der Waals surface area contributed by atoms with E-state index in [1.165, 1.54) is 19.1 Å². The third kappa shape index (κ3) is 9.82. The molecule has 2 amide bonds. The Morgan fingerprint density at radius 3 is 2.21 bits per heavy atom. The molecule has 2 atom stereocenters. The third-order valence-corrected chi connectivity index (χ3v) is 4.91. The molecule has 33 heavy (non-hydrogen) atoms. The van der Waals surface area contributed by atoms with Crippen molar-refractivity contribution in [1.82, 2.24) is 9.80 Å². The molecule has 1 aromatic rings. The van der Waals surface area contributed by atoms with Crippen molar-refractivity contribution in [3.63, 3.8) is 0 Å². The van der Waals surface area contributed by atoms with Gasteiger partial charge in [-0.1, -0.05) is 44.2 Å². The van der Waals surface area contributed by atoms with Gasteiger partial charge in [0.25, 0.3) is 0 Å². The highest BCUT2D eigenvalue weighted by Gasteiger charge is 2.36. The smallest absolute Gasteiger partial charge is 0.410 e. The van der Waals surface area contributed by atoms with Crippen LogP contribution in [-0.4, -0.2) is 73.2 Å². The van der Waals surface area contributed by atoms with Gasteiger partial charge in [-0.3, -0.25) is 9.69 Å². The molecular weight excluding hydrogens is 424 g/mol. The van der Waals surface area contributed by atoms with Crippen LogP contribution in [0, 0.1) is 5.92 Å². The van der Waals surface area contributed by atoms with E-state index < -0.39 is 42.7 Å². The summed E-state index contributed by atoms with van der Waals surface area (Å²) in [6.07, 6.45) is -0.129. The lowest BCUT2D eigenvalue weighted by Gasteiger charge is -2.35. The van der Waals surface area contributed by atoms with E-state index in [1.807, 2.05) is 44.2 Å². The molecule has 0 saturated heterocycles. The maximum absolute atomic E-state index is 13.5. The first-order chi connectivity index (χ1) is 15.9. The predicted octanol–water partition coefficient (Wildman–Crippen LogP) is 3.87. The van der Waals surface area contributed by atoms with E-state index in [2.05, 4.69) is 0 Å². The Labute approximate surface area is 199 Å². The number of rotatable bonds is 11. The second kappa shape index (κ2) is 13.2. The summed E-state index contributed by atoms with van der Waals surface area (Å²) >= 11 is 0. The van der Waals surface area contributed by atoms with Crippen LogP contribution in [0.15, 0.2) is 30.3 Å². The number of nitrogens with zero attached hydrogens (tertiary/aromatic N) is 2. The SMILES string of the molecule is [2H]CN(C(=O)[C@H](CC(C)C)N(C)C(=O)OC(C)(C)C)[C@@H](CCOCc1ccccc1)C(=O)OC. The number of ether oxygens (including phenoxy) is 3. The van der Waals surface area contributed by atoms with Crippen LogP contribution >= 0.6 is 0 Å². The van der Waals surface area contributed by atoms with E-state index in [-0.39, 0.29) is 18.9 Å². The fraction of sp³-hybridized carbons (Fsp3) is 0.640. The van der Waals surface area contributed by atoms with Crippen LogP contribution < -0.4 is 0 Å². The summed E-state index contributed by atoms with van der Waals surface area (Å²) in [6.45, 7) is 9.66. The van der Waals surface area contributed by atoms with Crippen LogP contribution in [0.5, 0.6) is 0 Å². The molecule has 0 aliphatic carbocycles. The zero-order valence-electron chi connectivity index (χ0n) is 22.0. The Morgan fingerprint density at radius 1 is 1.06 bits per heavy atom. The van der Waals surface area contributed by atoms with Crippen LogP contribution in [0.1, 0.15) is 54.4 Å². The summed E-state index contributed by atoms with van der Waals surface area (Å²) in [5.74, 6) is -1.06. The van der Waals surface area contributed by atoms with Gasteiger partial charge in [0.2, 0.25) is 5.91 Å². The summed E-state index contributed by atoms with van der Waals surface area (Å²) in [5, 5.41) is 0. The predicted molar refractivity (Wildman–Crippen MR) is 127 cm³/mol. The number of esters is 1. The highest BCUT2D eigenvalue weighted by atomic mass is 16.6. The Morgan fingerprint density at radius 2 is 1.70 bits per heavy atom. The van der Waals surface area contributed by atoms with Crippen molar-refractivity contribution >= 4 is 18.0 Å². The van der Waals surface area contributed by atoms with Gasteiger partial charge in [-0.15, -0.1) is 0 Å². The summed E-state index contributed by atoms with van der Waals surface area (Å²) in [6, 6.07) is 7.70. The lowest BCUT2D eigenvalue weighted by atomic mass is 10.0. The molecule has 0 radical (unpaired) electrons. The molecule has 0 aliphatic rings. The van der Waals surface area contributed by atoms with E-state index in [1.54, 1.807) is 20.8 Å². The number of benzene rings is 1.